The second-order valence-corrected chi connectivity index (χ2v) is 6.31. The average molecular weight is 351 g/mol. The molecule has 0 aliphatic rings. The fraction of sp³-hybridized carbons (Fsp3) is 0.167. The van der Waals surface area contributed by atoms with Gasteiger partial charge >= 0.3 is 0 Å². The Kier molecular flexibility index (Phi) is 4.50. The topological polar surface area (TPSA) is 26.0 Å². The van der Waals surface area contributed by atoms with E-state index in [0.717, 1.165) is 16.5 Å². The van der Waals surface area contributed by atoms with E-state index in [-0.39, 0.29) is 6.04 Å². The summed E-state index contributed by atoms with van der Waals surface area (Å²) in [4.78, 5) is 1.20. The van der Waals surface area contributed by atoms with Gasteiger partial charge in [0.1, 0.15) is 0 Å². The number of benzene rings is 1. The summed E-state index contributed by atoms with van der Waals surface area (Å²) in [6.45, 7) is 0. The molecule has 2 N–H and O–H groups in total. The Labute approximate surface area is 123 Å². The molecule has 1 aromatic heterocycles. The van der Waals surface area contributed by atoms with Crippen LogP contribution in [0.3, 0.4) is 0 Å². The highest BCUT2D eigenvalue weighted by molar-refractivity contribution is 9.10. The van der Waals surface area contributed by atoms with Gasteiger partial charge in [-0.2, -0.15) is 0 Å². The van der Waals surface area contributed by atoms with Gasteiger partial charge < -0.3 is 5.73 Å². The summed E-state index contributed by atoms with van der Waals surface area (Å²) >= 11 is 17.4. The van der Waals surface area contributed by atoms with Gasteiger partial charge in [-0.1, -0.05) is 29.3 Å². The molecule has 2 rings (SSSR count). The molecule has 0 bridgehead atoms. The molecule has 2 aromatic rings. The van der Waals surface area contributed by atoms with Crippen LogP contribution in [0, 0.1) is 0 Å². The van der Waals surface area contributed by atoms with Crippen LogP contribution in [-0.2, 0) is 6.42 Å². The Bertz CT molecular complexity index is 507. The van der Waals surface area contributed by atoms with Crippen LogP contribution in [0.1, 0.15) is 16.5 Å². The summed E-state index contributed by atoms with van der Waals surface area (Å²) in [5.41, 5.74) is 6.99. The molecule has 1 aromatic carbocycles. The van der Waals surface area contributed by atoms with Gasteiger partial charge in [0.2, 0.25) is 0 Å². The average Bonchev–Trinajstić information content (AvgIpc) is 2.64. The zero-order chi connectivity index (χ0) is 12.4. The molecular formula is C12H10BrCl2NS. The molecule has 1 unspecified atom stereocenters. The molecule has 0 aliphatic carbocycles. The predicted octanol–water partition coefficient (Wildman–Crippen LogP) is 5.06. The second-order valence-electron chi connectivity index (χ2n) is 3.64. The molecule has 0 saturated carbocycles. The van der Waals surface area contributed by atoms with Gasteiger partial charge in [0, 0.05) is 37.4 Å². The van der Waals surface area contributed by atoms with Crippen molar-refractivity contribution in [1.82, 2.24) is 0 Å². The number of rotatable bonds is 3. The van der Waals surface area contributed by atoms with Crippen molar-refractivity contribution < 1.29 is 0 Å². The van der Waals surface area contributed by atoms with Crippen LogP contribution >= 0.6 is 50.5 Å². The van der Waals surface area contributed by atoms with Crippen molar-refractivity contribution >= 4 is 50.5 Å². The van der Waals surface area contributed by atoms with Crippen molar-refractivity contribution in [2.75, 3.05) is 0 Å². The van der Waals surface area contributed by atoms with Gasteiger partial charge in [-0.25, -0.2) is 0 Å². The lowest BCUT2D eigenvalue weighted by atomic mass is 10.0. The van der Waals surface area contributed by atoms with Crippen molar-refractivity contribution in [3.05, 3.63) is 54.6 Å². The van der Waals surface area contributed by atoms with Crippen LogP contribution in [0.4, 0.5) is 0 Å². The molecule has 0 saturated heterocycles. The van der Waals surface area contributed by atoms with Gasteiger partial charge in [0.25, 0.3) is 0 Å². The molecule has 0 amide bonds. The first-order chi connectivity index (χ1) is 8.09. The maximum atomic E-state index is 6.17. The molecule has 0 radical (unpaired) electrons. The normalized spacial score (nSPS) is 12.7. The Morgan fingerprint density at radius 1 is 1.24 bits per heavy atom. The van der Waals surface area contributed by atoms with Crippen LogP contribution < -0.4 is 5.73 Å². The van der Waals surface area contributed by atoms with Gasteiger partial charge in [-0.3, -0.25) is 0 Å². The van der Waals surface area contributed by atoms with Crippen LogP contribution in [0.25, 0.3) is 0 Å². The van der Waals surface area contributed by atoms with Gasteiger partial charge in [0.05, 0.1) is 0 Å². The monoisotopic (exact) mass is 349 g/mol. The Morgan fingerprint density at radius 3 is 2.41 bits per heavy atom. The van der Waals surface area contributed by atoms with Crippen molar-refractivity contribution in [3.63, 3.8) is 0 Å². The number of halogens is 3. The van der Waals surface area contributed by atoms with Gasteiger partial charge in [-0.15, -0.1) is 11.3 Å². The van der Waals surface area contributed by atoms with Crippen LogP contribution in [-0.4, -0.2) is 0 Å². The molecule has 0 spiro atoms. The Hall–Kier alpha value is -0.0600. The standard InChI is InChI=1S/C12H10BrCl2NS/c13-7-4-5-17-11(7)6-10(16)12-8(14)2-1-3-9(12)15/h1-5,10H,6,16H2. The quantitative estimate of drug-likeness (QED) is 0.822. The third-order valence-electron chi connectivity index (χ3n) is 2.47. The van der Waals surface area contributed by atoms with E-state index >= 15 is 0 Å². The first kappa shape index (κ1) is 13.4. The summed E-state index contributed by atoms with van der Waals surface area (Å²) in [5.74, 6) is 0. The SMILES string of the molecule is NC(Cc1sccc1Br)c1c(Cl)cccc1Cl. The second kappa shape index (κ2) is 5.72. The highest BCUT2D eigenvalue weighted by Gasteiger charge is 2.16. The molecule has 0 aliphatic heterocycles. The number of hydrogen-bond acceptors (Lipinski definition) is 2. The molecule has 0 fully saturated rings. The Balaban J connectivity index is 2.26. The minimum atomic E-state index is -0.189. The highest BCUT2D eigenvalue weighted by Crippen LogP contribution is 2.33. The van der Waals surface area contributed by atoms with E-state index in [1.807, 2.05) is 29.6 Å². The summed E-state index contributed by atoms with van der Waals surface area (Å²) in [7, 11) is 0. The first-order valence-electron chi connectivity index (χ1n) is 5.01. The molecule has 5 heteroatoms. The lowest BCUT2D eigenvalue weighted by Crippen LogP contribution is -2.14. The predicted molar refractivity (Wildman–Crippen MR) is 79.1 cm³/mol. The molecule has 90 valence electrons. The van der Waals surface area contributed by atoms with Gasteiger partial charge in [-0.05, 0) is 39.5 Å². The fourth-order valence-electron chi connectivity index (χ4n) is 1.64. The lowest BCUT2D eigenvalue weighted by molar-refractivity contribution is 0.729. The van der Waals surface area contributed by atoms with E-state index in [1.165, 1.54) is 4.88 Å². The van der Waals surface area contributed by atoms with E-state index in [2.05, 4.69) is 15.9 Å². The molecular weight excluding hydrogens is 341 g/mol. The van der Waals surface area contributed by atoms with E-state index in [9.17, 15) is 0 Å². The maximum Gasteiger partial charge on any atom is 0.0468 e. The van der Waals surface area contributed by atoms with Crippen molar-refractivity contribution in [3.8, 4) is 0 Å². The summed E-state index contributed by atoms with van der Waals surface area (Å²) in [6, 6.07) is 7.27. The van der Waals surface area contributed by atoms with Crippen LogP contribution in [0.5, 0.6) is 0 Å². The van der Waals surface area contributed by atoms with Crippen LogP contribution in [0.2, 0.25) is 10.0 Å². The minimum absolute atomic E-state index is 0.189. The zero-order valence-corrected chi connectivity index (χ0v) is 12.7. The molecule has 17 heavy (non-hydrogen) atoms. The number of thiophene rings is 1. The van der Waals surface area contributed by atoms with Crippen molar-refractivity contribution in [2.45, 2.75) is 12.5 Å². The third-order valence-corrected chi connectivity index (χ3v) is 5.07. The summed E-state index contributed by atoms with van der Waals surface area (Å²) in [5, 5.41) is 3.27. The van der Waals surface area contributed by atoms with Gasteiger partial charge in [0.15, 0.2) is 0 Å². The zero-order valence-electron chi connectivity index (χ0n) is 8.79. The largest absolute Gasteiger partial charge is 0.324 e. The van der Waals surface area contributed by atoms with Crippen molar-refractivity contribution in [1.29, 1.82) is 0 Å². The third kappa shape index (κ3) is 3.04. The molecule has 1 heterocycles. The van der Waals surface area contributed by atoms with E-state index in [0.29, 0.717) is 10.0 Å². The number of hydrogen-bond donors (Lipinski definition) is 1. The Morgan fingerprint density at radius 2 is 1.88 bits per heavy atom. The highest BCUT2D eigenvalue weighted by atomic mass is 79.9. The van der Waals surface area contributed by atoms with Crippen molar-refractivity contribution in [2.24, 2.45) is 5.73 Å². The lowest BCUT2D eigenvalue weighted by Gasteiger charge is -2.14. The van der Waals surface area contributed by atoms with E-state index < -0.39 is 0 Å². The number of nitrogens with two attached hydrogens (primary N) is 1. The summed E-state index contributed by atoms with van der Waals surface area (Å²) < 4.78 is 1.08. The smallest absolute Gasteiger partial charge is 0.0468 e. The van der Waals surface area contributed by atoms with E-state index in [4.69, 9.17) is 28.9 Å². The van der Waals surface area contributed by atoms with Crippen LogP contribution in [0.15, 0.2) is 34.1 Å². The molecule has 1 nitrogen and oxygen atoms in total. The maximum absolute atomic E-state index is 6.17. The minimum Gasteiger partial charge on any atom is -0.324 e. The fourth-order valence-corrected chi connectivity index (χ4v) is 3.89. The van der Waals surface area contributed by atoms with E-state index in [1.54, 1.807) is 11.3 Å². The first-order valence-corrected chi connectivity index (χ1v) is 7.44. The molecule has 1 atom stereocenters. The summed E-state index contributed by atoms with van der Waals surface area (Å²) in [6.07, 6.45) is 0.724.